The first-order valence-electron chi connectivity index (χ1n) is 4.35. The standard InChI is InChI=1S/C12H15N/c1-4-6-11-10(5-2)9(3)7-8-12(11)13/h4-8H,2,13H2,1,3H3/b6-4-. The minimum atomic E-state index is 0.804. The number of anilines is 1. The zero-order valence-electron chi connectivity index (χ0n) is 8.17. The number of aryl methyl sites for hydroxylation is 1. The van der Waals surface area contributed by atoms with Crippen molar-refractivity contribution in [2.75, 3.05) is 5.73 Å². The molecule has 2 N–H and O–H groups in total. The summed E-state index contributed by atoms with van der Waals surface area (Å²) in [5, 5.41) is 0. The highest BCUT2D eigenvalue weighted by Crippen LogP contribution is 2.23. The molecular formula is C12H15N. The summed E-state index contributed by atoms with van der Waals surface area (Å²) in [5.74, 6) is 0. The second-order valence-electron chi connectivity index (χ2n) is 3.00. The summed E-state index contributed by atoms with van der Waals surface area (Å²) in [5.41, 5.74) is 10.1. The van der Waals surface area contributed by atoms with Gasteiger partial charge < -0.3 is 5.73 Å². The summed E-state index contributed by atoms with van der Waals surface area (Å²) in [7, 11) is 0. The van der Waals surface area contributed by atoms with E-state index in [-0.39, 0.29) is 0 Å². The molecule has 0 radical (unpaired) electrons. The molecule has 0 spiro atoms. The van der Waals surface area contributed by atoms with Crippen LogP contribution in [0.1, 0.15) is 23.6 Å². The average Bonchev–Trinajstić information content (AvgIpc) is 2.12. The Hall–Kier alpha value is -1.50. The molecule has 13 heavy (non-hydrogen) atoms. The SMILES string of the molecule is C=Cc1c(C)ccc(N)c1/C=C\C. The number of hydrogen-bond donors (Lipinski definition) is 1. The first-order valence-corrected chi connectivity index (χ1v) is 4.35. The van der Waals surface area contributed by atoms with Crippen molar-refractivity contribution < 1.29 is 0 Å². The van der Waals surface area contributed by atoms with Gasteiger partial charge in [0, 0.05) is 11.3 Å². The topological polar surface area (TPSA) is 26.0 Å². The highest BCUT2D eigenvalue weighted by Gasteiger charge is 2.02. The largest absolute Gasteiger partial charge is 0.398 e. The molecule has 0 aliphatic carbocycles. The lowest BCUT2D eigenvalue weighted by molar-refractivity contribution is 1.43. The first-order chi connectivity index (χ1) is 6.20. The quantitative estimate of drug-likeness (QED) is 0.682. The van der Waals surface area contributed by atoms with E-state index in [1.807, 2.05) is 37.3 Å². The third-order valence-electron chi connectivity index (χ3n) is 2.08. The fraction of sp³-hybridized carbons (Fsp3) is 0.167. The van der Waals surface area contributed by atoms with Crippen LogP contribution in [0.5, 0.6) is 0 Å². The van der Waals surface area contributed by atoms with Gasteiger partial charge in [-0.2, -0.15) is 0 Å². The highest BCUT2D eigenvalue weighted by molar-refractivity contribution is 5.75. The second kappa shape index (κ2) is 3.94. The van der Waals surface area contributed by atoms with Gasteiger partial charge in [0.15, 0.2) is 0 Å². The minimum absolute atomic E-state index is 0.804. The third-order valence-corrected chi connectivity index (χ3v) is 2.08. The van der Waals surface area contributed by atoms with Crippen LogP contribution in [0.2, 0.25) is 0 Å². The molecule has 0 saturated carbocycles. The van der Waals surface area contributed by atoms with Gasteiger partial charge in [-0.05, 0) is 31.0 Å². The zero-order chi connectivity index (χ0) is 9.84. The summed E-state index contributed by atoms with van der Waals surface area (Å²) in [6, 6.07) is 3.94. The van der Waals surface area contributed by atoms with Crippen molar-refractivity contribution in [2.24, 2.45) is 0 Å². The van der Waals surface area contributed by atoms with Crippen LogP contribution in [0.3, 0.4) is 0 Å². The summed E-state index contributed by atoms with van der Waals surface area (Å²) >= 11 is 0. The van der Waals surface area contributed by atoms with Crippen LogP contribution in [-0.4, -0.2) is 0 Å². The molecule has 1 aromatic carbocycles. The van der Waals surface area contributed by atoms with E-state index < -0.39 is 0 Å². The predicted octanol–water partition coefficient (Wildman–Crippen LogP) is 3.25. The molecule has 0 heterocycles. The van der Waals surface area contributed by atoms with Crippen molar-refractivity contribution in [3.63, 3.8) is 0 Å². The van der Waals surface area contributed by atoms with E-state index in [0.29, 0.717) is 0 Å². The Morgan fingerprint density at radius 3 is 2.54 bits per heavy atom. The Morgan fingerprint density at radius 2 is 2.00 bits per heavy atom. The normalized spacial score (nSPS) is 10.6. The average molecular weight is 173 g/mol. The molecule has 0 unspecified atom stereocenters. The molecule has 0 amide bonds. The Kier molecular flexibility index (Phi) is 2.91. The minimum Gasteiger partial charge on any atom is -0.398 e. The van der Waals surface area contributed by atoms with E-state index in [1.165, 1.54) is 5.56 Å². The van der Waals surface area contributed by atoms with E-state index in [1.54, 1.807) is 0 Å². The van der Waals surface area contributed by atoms with E-state index >= 15 is 0 Å². The molecule has 1 nitrogen and oxygen atoms in total. The number of nitrogen functional groups attached to an aromatic ring is 1. The van der Waals surface area contributed by atoms with Crippen molar-refractivity contribution >= 4 is 17.8 Å². The van der Waals surface area contributed by atoms with Crippen molar-refractivity contribution in [2.45, 2.75) is 13.8 Å². The van der Waals surface area contributed by atoms with Gasteiger partial charge >= 0.3 is 0 Å². The van der Waals surface area contributed by atoms with Gasteiger partial charge in [-0.3, -0.25) is 0 Å². The van der Waals surface area contributed by atoms with Crippen LogP contribution < -0.4 is 5.73 Å². The maximum absolute atomic E-state index is 5.85. The van der Waals surface area contributed by atoms with Crippen molar-refractivity contribution in [1.82, 2.24) is 0 Å². The van der Waals surface area contributed by atoms with Gasteiger partial charge in [0.25, 0.3) is 0 Å². The van der Waals surface area contributed by atoms with E-state index in [0.717, 1.165) is 16.8 Å². The summed E-state index contributed by atoms with van der Waals surface area (Å²) in [6.07, 6.45) is 5.85. The molecule has 1 aromatic rings. The van der Waals surface area contributed by atoms with Crippen LogP contribution in [-0.2, 0) is 0 Å². The van der Waals surface area contributed by atoms with Gasteiger partial charge in [0.1, 0.15) is 0 Å². The molecule has 1 rings (SSSR count). The highest BCUT2D eigenvalue weighted by atomic mass is 14.6. The number of hydrogen-bond acceptors (Lipinski definition) is 1. The van der Waals surface area contributed by atoms with Gasteiger partial charge in [-0.25, -0.2) is 0 Å². The Bertz CT molecular complexity index is 348. The Balaban J connectivity index is 3.42. The van der Waals surface area contributed by atoms with Gasteiger partial charge in [0.2, 0.25) is 0 Å². The smallest absolute Gasteiger partial charge is 0.0393 e. The molecule has 0 saturated heterocycles. The zero-order valence-corrected chi connectivity index (χ0v) is 8.17. The van der Waals surface area contributed by atoms with Crippen molar-refractivity contribution in [1.29, 1.82) is 0 Å². The van der Waals surface area contributed by atoms with Crippen LogP contribution in [0, 0.1) is 6.92 Å². The fourth-order valence-electron chi connectivity index (χ4n) is 1.39. The van der Waals surface area contributed by atoms with Crippen LogP contribution >= 0.6 is 0 Å². The van der Waals surface area contributed by atoms with Crippen molar-refractivity contribution in [3.05, 3.63) is 41.5 Å². The molecule has 1 heteroatoms. The van der Waals surface area contributed by atoms with Crippen LogP contribution in [0.15, 0.2) is 24.8 Å². The number of benzene rings is 1. The lowest BCUT2D eigenvalue weighted by atomic mass is 10.00. The molecular weight excluding hydrogens is 158 g/mol. The summed E-state index contributed by atoms with van der Waals surface area (Å²) < 4.78 is 0. The summed E-state index contributed by atoms with van der Waals surface area (Å²) in [4.78, 5) is 0. The van der Waals surface area contributed by atoms with E-state index in [4.69, 9.17) is 5.73 Å². The predicted molar refractivity (Wildman–Crippen MR) is 60.4 cm³/mol. The molecule has 0 aliphatic heterocycles. The van der Waals surface area contributed by atoms with Crippen LogP contribution in [0.4, 0.5) is 5.69 Å². The third kappa shape index (κ3) is 1.81. The Morgan fingerprint density at radius 1 is 1.31 bits per heavy atom. The maximum atomic E-state index is 5.85. The molecule has 0 bridgehead atoms. The molecule has 0 aliphatic rings. The number of allylic oxidation sites excluding steroid dienone is 1. The lowest BCUT2D eigenvalue weighted by Crippen LogP contribution is -1.94. The number of rotatable bonds is 2. The van der Waals surface area contributed by atoms with E-state index in [9.17, 15) is 0 Å². The van der Waals surface area contributed by atoms with Gasteiger partial charge in [0.05, 0.1) is 0 Å². The van der Waals surface area contributed by atoms with Gasteiger partial charge in [-0.1, -0.05) is 30.9 Å². The van der Waals surface area contributed by atoms with Gasteiger partial charge in [-0.15, -0.1) is 0 Å². The lowest BCUT2D eigenvalue weighted by Gasteiger charge is -2.08. The van der Waals surface area contributed by atoms with Crippen LogP contribution in [0.25, 0.3) is 12.2 Å². The molecule has 0 atom stereocenters. The summed E-state index contributed by atoms with van der Waals surface area (Å²) in [6.45, 7) is 7.83. The maximum Gasteiger partial charge on any atom is 0.0393 e. The second-order valence-corrected chi connectivity index (χ2v) is 3.00. The fourth-order valence-corrected chi connectivity index (χ4v) is 1.39. The molecule has 68 valence electrons. The van der Waals surface area contributed by atoms with E-state index in [2.05, 4.69) is 13.5 Å². The monoisotopic (exact) mass is 173 g/mol. The number of nitrogens with two attached hydrogens (primary N) is 1. The first kappa shape index (κ1) is 9.59. The molecule has 0 fully saturated rings. The van der Waals surface area contributed by atoms with Crippen molar-refractivity contribution in [3.8, 4) is 0 Å². The Labute approximate surface area is 79.6 Å². The molecule has 0 aromatic heterocycles.